The van der Waals surface area contributed by atoms with Crippen LogP contribution < -0.4 is 0 Å². The van der Waals surface area contributed by atoms with Crippen LogP contribution >= 0.6 is 0 Å². The van der Waals surface area contributed by atoms with E-state index < -0.39 is 0 Å². The van der Waals surface area contributed by atoms with E-state index in [1.54, 1.807) is 0 Å². The number of ether oxygens (including phenoxy) is 1. The van der Waals surface area contributed by atoms with Crippen molar-refractivity contribution in [2.45, 2.75) is 52.1 Å². The lowest BCUT2D eigenvalue weighted by Gasteiger charge is -2.08. The van der Waals surface area contributed by atoms with E-state index in [9.17, 15) is 9.90 Å². The zero-order valence-electron chi connectivity index (χ0n) is 11.9. The molecule has 0 aliphatic heterocycles. The minimum Gasteiger partial charge on any atom is -0.462 e. The molecule has 0 fully saturated rings. The standard InChI is InChI=1S/C16H24O3/c1-3-5-6-13-7-9-14(10-8-13)16(18)19-12-11-15(17)4-2/h7-10,15,17H,3-6,11-12H2,1-2H3/t15-/m0/s1. The lowest BCUT2D eigenvalue weighted by Crippen LogP contribution is -2.12. The number of carbonyl (C=O) groups is 1. The van der Waals surface area contributed by atoms with Crippen molar-refractivity contribution in [3.8, 4) is 0 Å². The number of aliphatic hydroxyl groups is 1. The predicted molar refractivity (Wildman–Crippen MR) is 76.3 cm³/mol. The summed E-state index contributed by atoms with van der Waals surface area (Å²) in [4.78, 5) is 11.7. The largest absolute Gasteiger partial charge is 0.462 e. The van der Waals surface area contributed by atoms with Crippen LogP contribution in [0.15, 0.2) is 24.3 Å². The van der Waals surface area contributed by atoms with E-state index in [1.807, 2.05) is 31.2 Å². The normalized spacial score (nSPS) is 12.2. The van der Waals surface area contributed by atoms with E-state index in [2.05, 4.69) is 6.92 Å². The molecule has 3 heteroatoms. The van der Waals surface area contributed by atoms with Gasteiger partial charge in [-0.15, -0.1) is 0 Å². The predicted octanol–water partition coefficient (Wildman–Crippen LogP) is 3.35. The molecular weight excluding hydrogens is 240 g/mol. The Morgan fingerprint density at radius 1 is 1.26 bits per heavy atom. The molecule has 1 aromatic carbocycles. The second-order valence-electron chi connectivity index (χ2n) is 4.79. The number of esters is 1. The average Bonchev–Trinajstić information content (AvgIpc) is 2.45. The minimum atomic E-state index is -0.385. The summed E-state index contributed by atoms with van der Waals surface area (Å²) in [5.74, 6) is -0.314. The summed E-state index contributed by atoms with van der Waals surface area (Å²) >= 11 is 0. The molecule has 0 bridgehead atoms. The van der Waals surface area contributed by atoms with Crippen LogP contribution in [0.4, 0.5) is 0 Å². The van der Waals surface area contributed by atoms with E-state index in [4.69, 9.17) is 4.74 Å². The Morgan fingerprint density at radius 2 is 1.95 bits per heavy atom. The van der Waals surface area contributed by atoms with E-state index in [-0.39, 0.29) is 18.7 Å². The van der Waals surface area contributed by atoms with Gasteiger partial charge in [-0.3, -0.25) is 0 Å². The molecular formula is C16H24O3. The number of rotatable bonds is 8. The van der Waals surface area contributed by atoms with Gasteiger partial charge in [0.15, 0.2) is 0 Å². The molecule has 3 nitrogen and oxygen atoms in total. The van der Waals surface area contributed by atoms with Gasteiger partial charge in [-0.25, -0.2) is 4.79 Å². The van der Waals surface area contributed by atoms with Gasteiger partial charge in [-0.05, 0) is 37.0 Å². The monoisotopic (exact) mass is 264 g/mol. The lowest BCUT2D eigenvalue weighted by atomic mass is 10.1. The number of hydrogen-bond acceptors (Lipinski definition) is 3. The number of benzene rings is 1. The zero-order valence-corrected chi connectivity index (χ0v) is 11.9. The topological polar surface area (TPSA) is 46.5 Å². The van der Waals surface area contributed by atoms with Crippen LogP contribution in [0.5, 0.6) is 0 Å². The highest BCUT2D eigenvalue weighted by molar-refractivity contribution is 5.89. The molecule has 1 N–H and O–H groups in total. The molecule has 0 saturated heterocycles. The number of carbonyl (C=O) groups excluding carboxylic acids is 1. The molecule has 1 rings (SSSR count). The Balaban J connectivity index is 2.40. The molecule has 1 aromatic rings. The van der Waals surface area contributed by atoms with Crippen LogP contribution in [0.1, 0.15) is 55.5 Å². The van der Waals surface area contributed by atoms with Crippen molar-refractivity contribution in [3.05, 3.63) is 35.4 Å². The maximum absolute atomic E-state index is 11.7. The van der Waals surface area contributed by atoms with Crippen LogP contribution in [-0.4, -0.2) is 23.8 Å². The van der Waals surface area contributed by atoms with E-state index in [0.29, 0.717) is 18.4 Å². The van der Waals surface area contributed by atoms with Gasteiger partial charge >= 0.3 is 5.97 Å². The third-order valence-corrected chi connectivity index (χ3v) is 3.16. The van der Waals surface area contributed by atoms with Crippen molar-refractivity contribution in [3.63, 3.8) is 0 Å². The van der Waals surface area contributed by atoms with Crippen molar-refractivity contribution >= 4 is 5.97 Å². The van der Waals surface area contributed by atoms with Gasteiger partial charge in [0.2, 0.25) is 0 Å². The molecule has 0 unspecified atom stereocenters. The van der Waals surface area contributed by atoms with Crippen LogP contribution in [0.2, 0.25) is 0 Å². The molecule has 0 aliphatic carbocycles. The Kier molecular flexibility index (Phi) is 7.19. The van der Waals surface area contributed by atoms with Crippen molar-refractivity contribution in [2.24, 2.45) is 0 Å². The van der Waals surface area contributed by atoms with Gasteiger partial charge < -0.3 is 9.84 Å². The number of aliphatic hydroxyl groups excluding tert-OH is 1. The highest BCUT2D eigenvalue weighted by Gasteiger charge is 2.08. The number of aryl methyl sites for hydroxylation is 1. The summed E-state index contributed by atoms with van der Waals surface area (Å²) in [6.07, 6.45) is 4.18. The summed E-state index contributed by atoms with van der Waals surface area (Å²) in [7, 11) is 0. The Bertz CT molecular complexity index is 370. The molecule has 19 heavy (non-hydrogen) atoms. The summed E-state index contributed by atoms with van der Waals surface area (Å²) in [6, 6.07) is 7.58. The van der Waals surface area contributed by atoms with Crippen LogP contribution in [-0.2, 0) is 11.2 Å². The van der Waals surface area contributed by atoms with Crippen molar-refractivity contribution in [2.75, 3.05) is 6.61 Å². The van der Waals surface area contributed by atoms with Gasteiger partial charge in [-0.2, -0.15) is 0 Å². The lowest BCUT2D eigenvalue weighted by molar-refractivity contribution is 0.0428. The Morgan fingerprint density at radius 3 is 2.53 bits per heavy atom. The van der Waals surface area contributed by atoms with Gasteiger partial charge in [0, 0.05) is 6.42 Å². The molecule has 0 spiro atoms. The van der Waals surface area contributed by atoms with E-state index in [1.165, 1.54) is 18.4 Å². The summed E-state index contributed by atoms with van der Waals surface area (Å²) in [6.45, 7) is 4.34. The summed E-state index contributed by atoms with van der Waals surface area (Å²) in [5.41, 5.74) is 1.83. The first-order valence-corrected chi connectivity index (χ1v) is 7.11. The van der Waals surface area contributed by atoms with Crippen molar-refractivity contribution in [1.29, 1.82) is 0 Å². The fourth-order valence-electron chi connectivity index (χ4n) is 1.76. The van der Waals surface area contributed by atoms with Gasteiger partial charge in [-0.1, -0.05) is 32.4 Å². The van der Waals surface area contributed by atoms with Crippen LogP contribution in [0.3, 0.4) is 0 Å². The van der Waals surface area contributed by atoms with Gasteiger partial charge in [0.1, 0.15) is 0 Å². The SMILES string of the molecule is CCCCc1ccc(C(=O)OCC[C@@H](O)CC)cc1. The Labute approximate surface area is 115 Å². The van der Waals surface area contributed by atoms with Crippen LogP contribution in [0, 0.1) is 0 Å². The first-order chi connectivity index (χ1) is 9.17. The molecule has 0 saturated carbocycles. The quantitative estimate of drug-likeness (QED) is 0.732. The number of hydrogen-bond donors (Lipinski definition) is 1. The highest BCUT2D eigenvalue weighted by atomic mass is 16.5. The maximum atomic E-state index is 11.7. The van der Waals surface area contributed by atoms with Gasteiger partial charge in [0.05, 0.1) is 18.3 Å². The van der Waals surface area contributed by atoms with Crippen molar-refractivity contribution in [1.82, 2.24) is 0 Å². The average molecular weight is 264 g/mol. The number of unbranched alkanes of at least 4 members (excludes halogenated alkanes) is 1. The van der Waals surface area contributed by atoms with Crippen molar-refractivity contribution < 1.29 is 14.6 Å². The molecule has 106 valence electrons. The molecule has 0 heterocycles. The third kappa shape index (κ3) is 5.88. The fourth-order valence-corrected chi connectivity index (χ4v) is 1.76. The third-order valence-electron chi connectivity index (χ3n) is 3.16. The first-order valence-electron chi connectivity index (χ1n) is 7.11. The van der Waals surface area contributed by atoms with E-state index in [0.717, 1.165) is 6.42 Å². The second-order valence-corrected chi connectivity index (χ2v) is 4.79. The van der Waals surface area contributed by atoms with E-state index >= 15 is 0 Å². The maximum Gasteiger partial charge on any atom is 0.338 e. The molecule has 1 atom stereocenters. The molecule has 0 radical (unpaired) electrons. The molecule has 0 aliphatic rings. The summed E-state index contributed by atoms with van der Waals surface area (Å²) < 4.78 is 5.12. The fraction of sp³-hybridized carbons (Fsp3) is 0.562. The van der Waals surface area contributed by atoms with Crippen LogP contribution in [0.25, 0.3) is 0 Å². The highest BCUT2D eigenvalue weighted by Crippen LogP contribution is 2.09. The smallest absolute Gasteiger partial charge is 0.338 e. The second kappa shape index (κ2) is 8.70. The first kappa shape index (κ1) is 15.7. The Hall–Kier alpha value is -1.35. The molecule has 0 amide bonds. The van der Waals surface area contributed by atoms with Gasteiger partial charge in [0.25, 0.3) is 0 Å². The molecule has 0 aromatic heterocycles. The summed E-state index contributed by atoms with van der Waals surface area (Å²) in [5, 5.41) is 9.37. The minimum absolute atomic E-state index is 0.269. The zero-order chi connectivity index (χ0) is 14.1.